The highest BCUT2D eigenvalue weighted by molar-refractivity contribution is 7.88. The normalized spacial score (nSPS) is 19.3. The summed E-state index contributed by atoms with van der Waals surface area (Å²) in [5.41, 5.74) is 0.954. The van der Waals surface area contributed by atoms with Crippen molar-refractivity contribution in [3.8, 4) is 0 Å². The smallest absolute Gasteiger partial charge is 0.208 e. The van der Waals surface area contributed by atoms with Crippen LogP contribution in [0.25, 0.3) is 10.9 Å². The molecule has 2 aliphatic heterocycles. The fraction of sp³-hybridized carbons (Fsp3) is 0.579. The lowest BCUT2D eigenvalue weighted by Gasteiger charge is -2.34. The van der Waals surface area contributed by atoms with Gasteiger partial charge in [0, 0.05) is 50.4 Å². The van der Waals surface area contributed by atoms with Crippen molar-refractivity contribution in [1.29, 1.82) is 0 Å². The third-order valence-corrected chi connectivity index (χ3v) is 6.14. The largest absolute Gasteiger partial charge is 0.378 e. The number of fused-ring (bicyclic) bond motifs is 1. The number of hydrogen-bond acceptors (Lipinski definition) is 7. The van der Waals surface area contributed by atoms with Crippen LogP contribution in [0.1, 0.15) is 12.8 Å². The predicted octanol–water partition coefficient (Wildman–Crippen LogP) is 1.23. The molecule has 2 saturated heterocycles. The molecule has 0 aromatic carbocycles. The minimum absolute atomic E-state index is 0.359. The van der Waals surface area contributed by atoms with Crippen molar-refractivity contribution in [2.75, 3.05) is 62.0 Å². The number of nitrogens with zero attached hydrogens (tertiary/aromatic N) is 4. The zero-order chi connectivity index (χ0) is 19.6. The topological polar surface area (TPSA) is 87.7 Å². The fourth-order valence-corrected chi connectivity index (χ4v) is 4.40. The number of ether oxygens (including phenoxy) is 1. The quantitative estimate of drug-likeness (QED) is 0.800. The number of aromatic nitrogens is 2. The molecule has 0 amide bonds. The Labute approximate surface area is 165 Å². The van der Waals surface area contributed by atoms with E-state index in [0.717, 1.165) is 74.8 Å². The molecule has 0 atom stereocenters. The van der Waals surface area contributed by atoms with Gasteiger partial charge in [0.25, 0.3) is 0 Å². The van der Waals surface area contributed by atoms with Crippen LogP contribution < -0.4 is 14.5 Å². The molecule has 28 heavy (non-hydrogen) atoms. The van der Waals surface area contributed by atoms with Crippen LogP contribution >= 0.6 is 0 Å². The number of morpholine rings is 1. The number of hydrogen-bond donors (Lipinski definition) is 1. The number of rotatable bonds is 5. The van der Waals surface area contributed by atoms with Gasteiger partial charge >= 0.3 is 0 Å². The van der Waals surface area contributed by atoms with E-state index in [4.69, 9.17) is 9.72 Å². The van der Waals surface area contributed by atoms with Crippen LogP contribution in [-0.4, -0.2) is 70.6 Å². The number of pyridine rings is 2. The maximum atomic E-state index is 11.3. The molecule has 4 rings (SSSR count). The van der Waals surface area contributed by atoms with E-state index in [0.29, 0.717) is 12.5 Å². The Balaban J connectivity index is 1.54. The van der Waals surface area contributed by atoms with E-state index in [9.17, 15) is 8.42 Å². The Hall–Kier alpha value is -1.97. The SMILES string of the molecule is CS(=O)(=O)NCC1CCN(c2nc(N3CCOCC3)cc3ncccc23)CC1. The van der Waals surface area contributed by atoms with Crippen molar-refractivity contribution >= 4 is 32.6 Å². The van der Waals surface area contributed by atoms with E-state index < -0.39 is 10.0 Å². The first-order valence-electron chi connectivity index (χ1n) is 9.78. The van der Waals surface area contributed by atoms with Crippen molar-refractivity contribution < 1.29 is 13.2 Å². The van der Waals surface area contributed by atoms with E-state index in [1.54, 1.807) is 0 Å². The second-order valence-corrected chi connectivity index (χ2v) is 9.36. The highest BCUT2D eigenvalue weighted by Gasteiger charge is 2.24. The minimum Gasteiger partial charge on any atom is -0.378 e. The lowest BCUT2D eigenvalue weighted by atomic mass is 9.97. The highest BCUT2D eigenvalue weighted by Crippen LogP contribution is 2.31. The molecule has 4 heterocycles. The van der Waals surface area contributed by atoms with Gasteiger partial charge in [0.15, 0.2) is 0 Å². The molecular formula is C19H27N5O3S. The molecule has 0 unspecified atom stereocenters. The average molecular weight is 406 g/mol. The van der Waals surface area contributed by atoms with Crippen LogP contribution in [0, 0.1) is 5.92 Å². The van der Waals surface area contributed by atoms with Crippen LogP contribution in [0.5, 0.6) is 0 Å². The van der Waals surface area contributed by atoms with Crippen LogP contribution in [0.4, 0.5) is 11.6 Å². The van der Waals surface area contributed by atoms with Crippen molar-refractivity contribution in [2.24, 2.45) is 5.92 Å². The molecule has 1 N–H and O–H groups in total. The van der Waals surface area contributed by atoms with Gasteiger partial charge in [0.1, 0.15) is 11.6 Å². The van der Waals surface area contributed by atoms with Crippen molar-refractivity contribution in [2.45, 2.75) is 12.8 Å². The van der Waals surface area contributed by atoms with E-state index in [-0.39, 0.29) is 0 Å². The van der Waals surface area contributed by atoms with Crippen LogP contribution in [-0.2, 0) is 14.8 Å². The van der Waals surface area contributed by atoms with Gasteiger partial charge in [-0.25, -0.2) is 18.1 Å². The van der Waals surface area contributed by atoms with Gasteiger partial charge in [-0.1, -0.05) is 0 Å². The zero-order valence-corrected chi connectivity index (χ0v) is 17.0. The maximum Gasteiger partial charge on any atom is 0.208 e. The molecule has 152 valence electrons. The Kier molecular flexibility index (Phi) is 5.65. The zero-order valence-electron chi connectivity index (χ0n) is 16.2. The van der Waals surface area contributed by atoms with E-state index in [1.165, 1.54) is 6.26 Å². The summed E-state index contributed by atoms with van der Waals surface area (Å²) in [6.45, 7) is 5.34. The molecule has 0 saturated carbocycles. The van der Waals surface area contributed by atoms with Crippen molar-refractivity contribution in [1.82, 2.24) is 14.7 Å². The summed E-state index contributed by atoms with van der Waals surface area (Å²) in [6, 6.07) is 6.09. The Bertz CT molecular complexity index is 922. The predicted molar refractivity (Wildman–Crippen MR) is 110 cm³/mol. The van der Waals surface area contributed by atoms with Gasteiger partial charge in [-0.05, 0) is 30.9 Å². The second-order valence-electron chi connectivity index (χ2n) is 7.52. The molecule has 2 aliphatic rings. The second kappa shape index (κ2) is 8.18. The average Bonchev–Trinajstić information content (AvgIpc) is 2.72. The number of sulfonamides is 1. The molecule has 0 aliphatic carbocycles. The van der Waals surface area contributed by atoms with Gasteiger partial charge in [0.2, 0.25) is 10.0 Å². The standard InChI is InChI=1S/C19H27N5O3S/c1-28(25,26)21-14-15-4-7-24(8-5-15)19-16-3-2-6-20-17(16)13-18(22-19)23-9-11-27-12-10-23/h2-3,6,13,15,21H,4-5,7-12,14H2,1H3. The molecule has 0 radical (unpaired) electrons. The van der Waals surface area contributed by atoms with Crippen LogP contribution in [0.2, 0.25) is 0 Å². The summed E-state index contributed by atoms with van der Waals surface area (Å²) >= 11 is 0. The summed E-state index contributed by atoms with van der Waals surface area (Å²) in [5, 5.41) is 1.06. The molecule has 9 heteroatoms. The summed E-state index contributed by atoms with van der Waals surface area (Å²) in [6.07, 6.45) is 4.90. The maximum absolute atomic E-state index is 11.3. The van der Waals surface area contributed by atoms with E-state index in [1.807, 2.05) is 12.3 Å². The molecule has 2 fully saturated rings. The van der Waals surface area contributed by atoms with Crippen molar-refractivity contribution in [3.63, 3.8) is 0 Å². The molecule has 0 spiro atoms. The van der Waals surface area contributed by atoms with Crippen molar-refractivity contribution in [3.05, 3.63) is 24.4 Å². The minimum atomic E-state index is -3.14. The molecule has 8 nitrogen and oxygen atoms in total. The number of nitrogens with one attached hydrogen (secondary N) is 1. The first kappa shape index (κ1) is 19.4. The van der Waals surface area contributed by atoms with Gasteiger partial charge in [-0.2, -0.15) is 0 Å². The number of anilines is 2. The third kappa shape index (κ3) is 4.53. The summed E-state index contributed by atoms with van der Waals surface area (Å²) < 4.78 is 30.8. The first-order valence-corrected chi connectivity index (χ1v) is 11.7. The van der Waals surface area contributed by atoms with E-state index >= 15 is 0 Å². The lowest BCUT2D eigenvalue weighted by molar-refractivity contribution is 0.122. The Morgan fingerprint density at radius 3 is 2.64 bits per heavy atom. The van der Waals surface area contributed by atoms with Gasteiger partial charge < -0.3 is 14.5 Å². The fourth-order valence-electron chi connectivity index (χ4n) is 3.86. The van der Waals surface area contributed by atoms with Crippen LogP contribution in [0.3, 0.4) is 0 Å². The molecule has 2 aromatic rings. The van der Waals surface area contributed by atoms with Crippen LogP contribution in [0.15, 0.2) is 24.4 Å². The monoisotopic (exact) mass is 405 g/mol. The summed E-state index contributed by atoms with van der Waals surface area (Å²) in [5.74, 6) is 2.28. The van der Waals surface area contributed by atoms with Gasteiger partial charge in [0.05, 0.1) is 25.0 Å². The van der Waals surface area contributed by atoms with E-state index in [2.05, 4.69) is 31.6 Å². The Morgan fingerprint density at radius 1 is 1.18 bits per heavy atom. The van der Waals surface area contributed by atoms with Gasteiger partial charge in [-0.3, -0.25) is 4.98 Å². The lowest BCUT2D eigenvalue weighted by Crippen LogP contribution is -2.40. The summed E-state index contributed by atoms with van der Waals surface area (Å²) in [4.78, 5) is 14.1. The first-order chi connectivity index (χ1) is 13.5. The molecule has 0 bridgehead atoms. The highest BCUT2D eigenvalue weighted by atomic mass is 32.2. The molecule has 2 aromatic heterocycles. The Morgan fingerprint density at radius 2 is 1.93 bits per heavy atom. The number of piperidine rings is 1. The summed E-state index contributed by atoms with van der Waals surface area (Å²) in [7, 11) is -3.14. The van der Waals surface area contributed by atoms with Gasteiger partial charge in [-0.15, -0.1) is 0 Å². The molecular weight excluding hydrogens is 378 g/mol. The third-order valence-electron chi connectivity index (χ3n) is 5.45.